The van der Waals surface area contributed by atoms with E-state index in [4.69, 9.17) is 4.74 Å². The molecule has 0 aliphatic carbocycles. The Kier molecular flexibility index (Phi) is 6.80. The van der Waals surface area contributed by atoms with Crippen LogP contribution in [0.25, 0.3) is 5.69 Å². The van der Waals surface area contributed by atoms with Crippen molar-refractivity contribution in [2.75, 3.05) is 19.6 Å². The van der Waals surface area contributed by atoms with Gasteiger partial charge in [-0.25, -0.2) is 9.48 Å². The smallest absolute Gasteiger partial charge is 0.410 e. The molecular weight excluding hydrogens is 380 g/mol. The van der Waals surface area contributed by atoms with Crippen LogP contribution < -0.4 is 5.32 Å². The third-order valence-electron chi connectivity index (χ3n) is 5.12. The number of aromatic nitrogens is 2. The maximum Gasteiger partial charge on any atom is 0.410 e. The van der Waals surface area contributed by atoms with Gasteiger partial charge in [0.15, 0.2) is 0 Å². The van der Waals surface area contributed by atoms with Crippen LogP contribution in [0, 0.1) is 0 Å². The molecule has 30 heavy (non-hydrogen) atoms. The first kappa shape index (κ1) is 21.9. The summed E-state index contributed by atoms with van der Waals surface area (Å²) >= 11 is 0. The van der Waals surface area contributed by atoms with Gasteiger partial charge in [0.05, 0.1) is 23.1 Å². The fraction of sp³-hybridized carbons (Fsp3) is 0.522. The highest BCUT2D eigenvalue weighted by molar-refractivity contribution is 5.95. The molecular formula is C23H32N4O3. The maximum atomic E-state index is 12.8. The highest BCUT2D eigenvalue weighted by atomic mass is 16.6. The number of carbonyl (C=O) groups excluding carboxylic acids is 2. The van der Waals surface area contributed by atoms with Crippen LogP contribution in [-0.2, 0) is 4.74 Å². The van der Waals surface area contributed by atoms with Crippen LogP contribution in [0.15, 0.2) is 36.5 Å². The van der Waals surface area contributed by atoms with Gasteiger partial charge >= 0.3 is 6.09 Å². The molecule has 2 heterocycles. The minimum Gasteiger partial charge on any atom is -0.444 e. The molecule has 0 radical (unpaired) electrons. The molecule has 0 atom stereocenters. The van der Waals surface area contributed by atoms with Crippen LogP contribution in [0.1, 0.15) is 68.9 Å². The second-order valence-electron chi connectivity index (χ2n) is 8.69. The number of amides is 2. The van der Waals surface area contributed by atoms with Gasteiger partial charge in [0.1, 0.15) is 5.60 Å². The van der Waals surface area contributed by atoms with Gasteiger partial charge in [-0.2, -0.15) is 5.10 Å². The van der Waals surface area contributed by atoms with Crippen molar-refractivity contribution in [2.24, 2.45) is 0 Å². The van der Waals surface area contributed by atoms with E-state index < -0.39 is 5.60 Å². The largest absolute Gasteiger partial charge is 0.444 e. The van der Waals surface area contributed by atoms with Crippen LogP contribution in [0.5, 0.6) is 0 Å². The number of nitrogens with one attached hydrogen (secondary N) is 1. The van der Waals surface area contributed by atoms with Crippen molar-refractivity contribution in [1.29, 1.82) is 0 Å². The molecule has 1 aliphatic rings. The molecule has 1 aliphatic heterocycles. The Morgan fingerprint density at radius 3 is 2.43 bits per heavy atom. The summed E-state index contributed by atoms with van der Waals surface area (Å²) in [5.41, 5.74) is 1.95. The van der Waals surface area contributed by atoms with Gasteiger partial charge in [-0.15, -0.1) is 0 Å². The van der Waals surface area contributed by atoms with E-state index in [1.165, 1.54) is 0 Å². The second kappa shape index (κ2) is 9.32. The van der Waals surface area contributed by atoms with E-state index in [1.807, 2.05) is 62.7 Å². The van der Waals surface area contributed by atoms with Gasteiger partial charge in [0.2, 0.25) is 0 Å². The van der Waals surface area contributed by atoms with Gasteiger partial charge in [-0.1, -0.05) is 25.1 Å². The van der Waals surface area contributed by atoms with Gasteiger partial charge in [0.25, 0.3) is 5.91 Å². The molecule has 0 bridgehead atoms. The summed E-state index contributed by atoms with van der Waals surface area (Å²) in [7, 11) is 0. The minimum absolute atomic E-state index is 0.0939. The summed E-state index contributed by atoms with van der Waals surface area (Å²) in [6.45, 7) is 9.46. The first-order valence-corrected chi connectivity index (χ1v) is 10.7. The molecule has 1 saturated heterocycles. The number of nitrogens with zero attached hydrogens (tertiary/aromatic N) is 3. The Morgan fingerprint density at radius 2 is 1.83 bits per heavy atom. The van der Waals surface area contributed by atoms with Crippen LogP contribution in [0.4, 0.5) is 4.79 Å². The average molecular weight is 413 g/mol. The van der Waals surface area contributed by atoms with Crippen molar-refractivity contribution in [3.05, 3.63) is 47.8 Å². The normalized spacial score (nSPS) is 15.1. The van der Waals surface area contributed by atoms with Gasteiger partial charge in [-0.05, 0) is 52.2 Å². The molecule has 0 saturated carbocycles. The predicted molar refractivity (Wildman–Crippen MR) is 116 cm³/mol. The lowest BCUT2D eigenvalue weighted by Gasteiger charge is -2.34. The Hall–Kier alpha value is -2.83. The Balaban J connectivity index is 1.83. The molecule has 0 unspecified atom stereocenters. The molecule has 7 nitrogen and oxygen atoms in total. The number of benzene rings is 1. The van der Waals surface area contributed by atoms with Crippen molar-refractivity contribution in [3.8, 4) is 5.69 Å². The minimum atomic E-state index is -0.510. The van der Waals surface area contributed by atoms with Crippen molar-refractivity contribution in [3.63, 3.8) is 0 Å². The van der Waals surface area contributed by atoms with Gasteiger partial charge in [-0.3, -0.25) is 4.79 Å². The zero-order chi connectivity index (χ0) is 21.7. The molecule has 3 rings (SSSR count). The number of hydrogen-bond donors (Lipinski definition) is 1. The highest BCUT2D eigenvalue weighted by Crippen LogP contribution is 2.32. The van der Waals surface area contributed by atoms with E-state index in [-0.39, 0.29) is 17.9 Å². The molecule has 1 aromatic carbocycles. The summed E-state index contributed by atoms with van der Waals surface area (Å²) in [6, 6.07) is 9.85. The molecule has 0 spiro atoms. The number of ether oxygens (including phenoxy) is 1. The number of carbonyl (C=O) groups is 2. The molecule has 1 N–H and O–H groups in total. The van der Waals surface area contributed by atoms with E-state index in [2.05, 4.69) is 10.4 Å². The lowest BCUT2D eigenvalue weighted by Crippen LogP contribution is -2.41. The third-order valence-corrected chi connectivity index (χ3v) is 5.12. The van der Waals surface area contributed by atoms with Crippen LogP contribution in [0.3, 0.4) is 0 Å². The Labute approximate surface area is 178 Å². The quantitative estimate of drug-likeness (QED) is 0.801. The number of likely N-dealkylation sites (tertiary alicyclic amines) is 1. The van der Waals surface area contributed by atoms with E-state index >= 15 is 0 Å². The lowest BCUT2D eigenvalue weighted by molar-refractivity contribution is 0.0203. The van der Waals surface area contributed by atoms with E-state index in [1.54, 1.807) is 11.1 Å². The monoisotopic (exact) mass is 412 g/mol. The van der Waals surface area contributed by atoms with E-state index in [0.717, 1.165) is 30.6 Å². The van der Waals surface area contributed by atoms with Crippen molar-refractivity contribution in [2.45, 2.75) is 58.5 Å². The van der Waals surface area contributed by atoms with Crippen molar-refractivity contribution >= 4 is 12.0 Å². The number of piperidine rings is 1. The molecule has 2 aromatic rings. The first-order chi connectivity index (χ1) is 14.3. The van der Waals surface area contributed by atoms with E-state index in [0.29, 0.717) is 25.2 Å². The van der Waals surface area contributed by atoms with Crippen molar-refractivity contribution < 1.29 is 14.3 Å². The van der Waals surface area contributed by atoms with E-state index in [9.17, 15) is 9.59 Å². The molecule has 162 valence electrons. The summed E-state index contributed by atoms with van der Waals surface area (Å²) < 4.78 is 7.38. The zero-order valence-corrected chi connectivity index (χ0v) is 18.4. The van der Waals surface area contributed by atoms with Crippen LogP contribution in [0.2, 0.25) is 0 Å². The SMILES string of the molecule is CCCNC(=O)c1cnn(-c2ccccc2)c1C1CCN(C(=O)OC(C)(C)C)CC1. The van der Waals surface area contributed by atoms with Crippen molar-refractivity contribution in [1.82, 2.24) is 20.0 Å². The lowest BCUT2D eigenvalue weighted by atomic mass is 9.91. The standard InChI is InChI=1S/C23H32N4O3/c1-5-13-24-21(28)19-16-25-27(18-9-7-6-8-10-18)20(19)17-11-14-26(15-12-17)22(29)30-23(2,3)4/h6-10,16-17H,5,11-15H2,1-4H3,(H,24,28). The van der Waals surface area contributed by atoms with Crippen LogP contribution in [-0.4, -0.2) is 51.9 Å². The first-order valence-electron chi connectivity index (χ1n) is 10.7. The fourth-order valence-corrected chi connectivity index (χ4v) is 3.70. The summed E-state index contributed by atoms with van der Waals surface area (Å²) in [5, 5.41) is 7.51. The maximum absolute atomic E-state index is 12.8. The topological polar surface area (TPSA) is 76.5 Å². The molecule has 7 heteroatoms. The molecule has 1 fully saturated rings. The van der Waals surface area contributed by atoms with Gasteiger partial charge < -0.3 is 15.0 Å². The summed E-state index contributed by atoms with van der Waals surface area (Å²) in [6.07, 6.45) is 3.77. The van der Waals surface area contributed by atoms with Crippen LogP contribution >= 0.6 is 0 Å². The number of rotatable bonds is 5. The zero-order valence-electron chi connectivity index (χ0n) is 18.4. The molecule has 2 amide bonds. The summed E-state index contributed by atoms with van der Waals surface area (Å²) in [5.74, 6) is 0.0392. The average Bonchev–Trinajstić information content (AvgIpc) is 3.17. The predicted octanol–water partition coefficient (Wildman–Crippen LogP) is 4.13. The summed E-state index contributed by atoms with van der Waals surface area (Å²) in [4.78, 5) is 27.0. The Morgan fingerprint density at radius 1 is 1.17 bits per heavy atom. The van der Waals surface area contributed by atoms with Gasteiger partial charge in [0, 0.05) is 25.6 Å². The Bertz CT molecular complexity index is 862. The second-order valence-corrected chi connectivity index (χ2v) is 8.69. The fourth-order valence-electron chi connectivity index (χ4n) is 3.70. The highest BCUT2D eigenvalue weighted by Gasteiger charge is 2.32. The number of para-hydroxylation sites is 1. The third kappa shape index (κ3) is 5.20. The molecule has 1 aromatic heterocycles. The number of hydrogen-bond acceptors (Lipinski definition) is 4.